The second-order valence-electron chi connectivity index (χ2n) is 5.57. The standard InChI is InChI=1S/C14H20N2O3S/c1-10-4-5-13(12-3-2-7-15-14(10)12)20(18,19)16-8-6-11(17)9-16/h4-5,11,15,17H,2-3,6-9H2,1H3. The van der Waals surface area contributed by atoms with E-state index in [2.05, 4.69) is 5.32 Å². The zero-order chi connectivity index (χ0) is 14.3. The molecule has 2 aliphatic heterocycles. The first-order valence-corrected chi connectivity index (χ1v) is 8.49. The van der Waals surface area contributed by atoms with Crippen molar-refractivity contribution in [3.63, 3.8) is 0 Å². The van der Waals surface area contributed by atoms with Gasteiger partial charge in [0.25, 0.3) is 0 Å². The number of hydrogen-bond acceptors (Lipinski definition) is 4. The van der Waals surface area contributed by atoms with Crippen LogP contribution in [0.3, 0.4) is 0 Å². The Morgan fingerprint density at radius 1 is 1.40 bits per heavy atom. The molecule has 1 aromatic carbocycles. The largest absolute Gasteiger partial charge is 0.392 e. The van der Waals surface area contributed by atoms with Gasteiger partial charge in [-0.1, -0.05) is 6.07 Å². The van der Waals surface area contributed by atoms with Crippen molar-refractivity contribution in [2.45, 2.75) is 37.2 Å². The molecular weight excluding hydrogens is 276 g/mol. The first-order valence-electron chi connectivity index (χ1n) is 7.04. The van der Waals surface area contributed by atoms with Gasteiger partial charge in [0.15, 0.2) is 0 Å². The maximum Gasteiger partial charge on any atom is 0.243 e. The third kappa shape index (κ3) is 2.21. The topological polar surface area (TPSA) is 69.6 Å². The lowest BCUT2D eigenvalue weighted by Gasteiger charge is -2.25. The van der Waals surface area contributed by atoms with Crippen LogP contribution >= 0.6 is 0 Å². The zero-order valence-corrected chi connectivity index (χ0v) is 12.4. The summed E-state index contributed by atoms with van der Waals surface area (Å²) in [5, 5.41) is 12.9. The molecule has 2 aliphatic rings. The Kier molecular flexibility index (Phi) is 3.48. The van der Waals surface area contributed by atoms with Gasteiger partial charge in [0.1, 0.15) is 0 Å². The number of anilines is 1. The molecule has 0 amide bonds. The monoisotopic (exact) mass is 296 g/mol. The van der Waals surface area contributed by atoms with E-state index in [1.54, 1.807) is 6.07 Å². The van der Waals surface area contributed by atoms with E-state index in [0.717, 1.165) is 36.2 Å². The number of hydrogen-bond donors (Lipinski definition) is 2. The average molecular weight is 296 g/mol. The van der Waals surface area contributed by atoms with E-state index in [-0.39, 0.29) is 6.54 Å². The Labute approximate surface area is 119 Å². The van der Waals surface area contributed by atoms with E-state index in [1.165, 1.54) is 4.31 Å². The van der Waals surface area contributed by atoms with Gasteiger partial charge in [0.05, 0.1) is 11.0 Å². The van der Waals surface area contributed by atoms with Crippen LogP contribution in [0, 0.1) is 6.92 Å². The predicted molar refractivity (Wildman–Crippen MR) is 77.4 cm³/mol. The van der Waals surface area contributed by atoms with Crippen molar-refractivity contribution in [1.82, 2.24) is 4.31 Å². The molecule has 0 spiro atoms. The first kappa shape index (κ1) is 13.9. The Morgan fingerprint density at radius 3 is 2.90 bits per heavy atom. The summed E-state index contributed by atoms with van der Waals surface area (Å²) in [6, 6.07) is 3.57. The molecule has 2 N–H and O–H groups in total. The Bertz CT molecular complexity index is 628. The first-order chi connectivity index (χ1) is 9.50. The number of β-amino-alcohol motifs (C(OH)–C–C–N with tert-alkyl or cyclic N) is 1. The number of nitrogens with one attached hydrogen (secondary N) is 1. The van der Waals surface area contributed by atoms with Crippen LogP contribution in [-0.4, -0.2) is 43.6 Å². The van der Waals surface area contributed by atoms with Crippen LogP contribution in [0.1, 0.15) is 24.0 Å². The van der Waals surface area contributed by atoms with Gasteiger partial charge in [-0.25, -0.2) is 8.42 Å². The normalized spacial score (nSPS) is 23.4. The van der Waals surface area contributed by atoms with E-state index in [1.807, 2.05) is 13.0 Å². The molecule has 1 saturated heterocycles. The minimum atomic E-state index is -3.50. The lowest BCUT2D eigenvalue weighted by molar-refractivity contribution is 0.189. The molecule has 6 heteroatoms. The van der Waals surface area contributed by atoms with Gasteiger partial charge in [0.2, 0.25) is 10.0 Å². The molecule has 0 saturated carbocycles. The zero-order valence-electron chi connectivity index (χ0n) is 11.6. The highest BCUT2D eigenvalue weighted by Gasteiger charge is 2.34. The molecule has 1 fully saturated rings. The summed E-state index contributed by atoms with van der Waals surface area (Å²) in [6.07, 6.45) is 1.71. The van der Waals surface area contributed by atoms with Crippen molar-refractivity contribution in [2.24, 2.45) is 0 Å². The number of aliphatic hydroxyl groups is 1. The fraction of sp³-hybridized carbons (Fsp3) is 0.571. The van der Waals surface area contributed by atoms with Gasteiger partial charge < -0.3 is 10.4 Å². The molecule has 2 heterocycles. The number of aliphatic hydroxyl groups excluding tert-OH is 1. The van der Waals surface area contributed by atoms with Crippen LogP contribution in [0.5, 0.6) is 0 Å². The maximum atomic E-state index is 12.8. The van der Waals surface area contributed by atoms with Crippen LogP contribution in [0.15, 0.2) is 17.0 Å². The number of benzene rings is 1. The number of aryl methyl sites for hydroxylation is 1. The molecule has 110 valence electrons. The molecule has 0 aliphatic carbocycles. The SMILES string of the molecule is Cc1ccc(S(=O)(=O)N2CCC(O)C2)c2c1NCCC2. The van der Waals surface area contributed by atoms with Gasteiger partial charge in [-0.15, -0.1) is 0 Å². The van der Waals surface area contributed by atoms with E-state index in [4.69, 9.17) is 0 Å². The molecule has 0 bridgehead atoms. The third-order valence-electron chi connectivity index (χ3n) is 4.13. The van der Waals surface area contributed by atoms with Crippen molar-refractivity contribution < 1.29 is 13.5 Å². The summed E-state index contributed by atoms with van der Waals surface area (Å²) >= 11 is 0. The number of sulfonamides is 1. The summed E-state index contributed by atoms with van der Waals surface area (Å²) in [5.74, 6) is 0. The molecule has 1 aromatic rings. The summed E-state index contributed by atoms with van der Waals surface area (Å²) in [4.78, 5) is 0.402. The van der Waals surface area contributed by atoms with E-state index >= 15 is 0 Å². The number of rotatable bonds is 2. The van der Waals surface area contributed by atoms with E-state index in [0.29, 0.717) is 17.9 Å². The van der Waals surface area contributed by atoms with Gasteiger partial charge in [-0.05, 0) is 43.4 Å². The van der Waals surface area contributed by atoms with Crippen molar-refractivity contribution in [2.75, 3.05) is 25.0 Å². The quantitative estimate of drug-likeness (QED) is 0.858. The molecule has 20 heavy (non-hydrogen) atoms. The van der Waals surface area contributed by atoms with Crippen LogP contribution in [-0.2, 0) is 16.4 Å². The van der Waals surface area contributed by atoms with Gasteiger partial charge >= 0.3 is 0 Å². The third-order valence-corrected chi connectivity index (χ3v) is 6.08. The van der Waals surface area contributed by atoms with Crippen molar-refractivity contribution >= 4 is 15.7 Å². The second-order valence-corrected chi connectivity index (χ2v) is 7.48. The highest BCUT2D eigenvalue weighted by molar-refractivity contribution is 7.89. The van der Waals surface area contributed by atoms with Crippen LogP contribution < -0.4 is 5.32 Å². The minimum absolute atomic E-state index is 0.207. The average Bonchev–Trinajstić information content (AvgIpc) is 2.87. The van der Waals surface area contributed by atoms with Crippen molar-refractivity contribution in [1.29, 1.82) is 0 Å². The fourth-order valence-corrected chi connectivity index (χ4v) is 4.78. The fourth-order valence-electron chi connectivity index (χ4n) is 3.03. The second kappa shape index (κ2) is 5.02. The van der Waals surface area contributed by atoms with Crippen molar-refractivity contribution in [3.8, 4) is 0 Å². The molecule has 3 rings (SSSR count). The summed E-state index contributed by atoms with van der Waals surface area (Å²) < 4.78 is 26.9. The molecule has 0 aromatic heterocycles. The smallest absolute Gasteiger partial charge is 0.243 e. The number of nitrogens with zero attached hydrogens (tertiary/aromatic N) is 1. The lowest BCUT2D eigenvalue weighted by Crippen LogP contribution is -2.31. The van der Waals surface area contributed by atoms with Crippen LogP contribution in [0.2, 0.25) is 0 Å². The Morgan fingerprint density at radius 2 is 2.20 bits per heavy atom. The summed E-state index contributed by atoms with van der Waals surface area (Å²) in [5.41, 5.74) is 2.95. The molecular formula is C14H20N2O3S. The van der Waals surface area contributed by atoms with Gasteiger partial charge in [-0.2, -0.15) is 4.31 Å². The predicted octanol–water partition coefficient (Wildman–Crippen LogP) is 1.11. The lowest BCUT2D eigenvalue weighted by atomic mass is 10.00. The molecule has 0 radical (unpaired) electrons. The van der Waals surface area contributed by atoms with Crippen LogP contribution in [0.25, 0.3) is 0 Å². The van der Waals surface area contributed by atoms with Crippen LogP contribution in [0.4, 0.5) is 5.69 Å². The minimum Gasteiger partial charge on any atom is -0.392 e. The number of fused-ring (bicyclic) bond motifs is 1. The van der Waals surface area contributed by atoms with Gasteiger partial charge in [0, 0.05) is 25.3 Å². The Hall–Kier alpha value is -1.11. The highest BCUT2D eigenvalue weighted by atomic mass is 32.2. The van der Waals surface area contributed by atoms with E-state index in [9.17, 15) is 13.5 Å². The van der Waals surface area contributed by atoms with Gasteiger partial charge in [-0.3, -0.25) is 0 Å². The molecule has 1 unspecified atom stereocenters. The summed E-state index contributed by atoms with van der Waals surface area (Å²) in [7, 11) is -3.50. The highest BCUT2D eigenvalue weighted by Crippen LogP contribution is 2.33. The van der Waals surface area contributed by atoms with E-state index < -0.39 is 16.1 Å². The Balaban J connectivity index is 2.06. The maximum absolute atomic E-state index is 12.8. The molecule has 5 nitrogen and oxygen atoms in total. The van der Waals surface area contributed by atoms with Crippen molar-refractivity contribution in [3.05, 3.63) is 23.3 Å². The molecule has 1 atom stereocenters. The summed E-state index contributed by atoms with van der Waals surface area (Å²) in [6.45, 7) is 3.49.